The molecule has 1 aromatic rings. The van der Waals surface area contributed by atoms with E-state index in [0.717, 1.165) is 0 Å². The molecule has 2 heteroatoms. The van der Waals surface area contributed by atoms with Gasteiger partial charge in [0.05, 0.1) is 0 Å². The predicted molar refractivity (Wildman–Crippen MR) is 76.6 cm³/mol. The quantitative estimate of drug-likeness (QED) is 0.814. The van der Waals surface area contributed by atoms with Crippen molar-refractivity contribution in [2.24, 2.45) is 5.41 Å². The SMILES string of the molecule is CC(C)(C)[C@@H](Sc1ccccc1)C1CCCN1. The van der Waals surface area contributed by atoms with Crippen LogP contribution in [0.3, 0.4) is 0 Å². The fourth-order valence-corrected chi connectivity index (χ4v) is 3.84. The number of thioether (sulfide) groups is 1. The Morgan fingerprint density at radius 2 is 1.94 bits per heavy atom. The Morgan fingerprint density at radius 1 is 1.24 bits per heavy atom. The van der Waals surface area contributed by atoms with Gasteiger partial charge < -0.3 is 5.32 Å². The van der Waals surface area contributed by atoms with Crippen molar-refractivity contribution in [1.82, 2.24) is 5.32 Å². The van der Waals surface area contributed by atoms with Crippen LogP contribution in [0.1, 0.15) is 33.6 Å². The van der Waals surface area contributed by atoms with Crippen LogP contribution in [0.2, 0.25) is 0 Å². The Kier molecular flexibility index (Phi) is 4.16. The van der Waals surface area contributed by atoms with Gasteiger partial charge in [0.15, 0.2) is 0 Å². The van der Waals surface area contributed by atoms with Gasteiger partial charge in [-0.1, -0.05) is 39.0 Å². The Hall–Kier alpha value is -0.470. The average Bonchev–Trinajstić information content (AvgIpc) is 2.79. The number of nitrogens with one attached hydrogen (secondary N) is 1. The van der Waals surface area contributed by atoms with Crippen LogP contribution in [0, 0.1) is 5.41 Å². The topological polar surface area (TPSA) is 12.0 Å². The van der Waals surface area contributed by atoms with Crippen molar-refractivity contribution in [3.63, 3.8) is 0 Å². The zero-order valence-electron chi connectivity index (χ0n) is 11.1. The molecule has 17 heavy (non-hydrogen) atoms. The number of rotatable bonds is 3. The Morgan fingerprint density at radius 3 is 2.47 bits per heavy atom. The van der Waals surface area contributed by atoms with Gasteiger partial charge in [-0.15, -0.1) is 11.8 Å². The van der Waals surface area contributed by atoms with Gasteiger partial charge in [-0.25, -0.2) is 0 Å². The highest BCUT2D eigenvalue weighted by molar-refractivity contribution is 8.00. The standard InChI is InChI=1S/C15H23NS/c1-15(2,3)14(13-10-7-11-16-13)17-12-8-5-4-6-9-12/h4-6,8-9,13-14,16H,7,10-11H2,1-3H3/t13?,14-/m0/s1. The first kappa shape index (κ1) is 13.0. The minimum Gasteiger partial charge on any atom is -0.313 e. The van der Waals surface area contributed by atoms with Crippen LogP contribution in [-0.2, 0) is 0 Å². The number of benzene rings is 1. The summed E-state index contributed by atoms with van der Waals surface area (Å²) < 4.78 is 0. The first-order valence-corrected chi connectivity index (χ1v) is 7.40. The second-order valence-electron chi connectivity index (χ2n) is 5.92. The van der Waals surface area contributed by atoms with Gasteiger partial charge in [0.2, 0.25) is 0 Å². The molecule has 1 aliphatic rings. The number of hydrogen-bond acceptors (Lipinski definition) is 2. The highest BCUT2D eigenvalue weighted by Gasteiger charge is 2.34. The lowest BCUT2D eigenvalue weighted by Crippen LogP contribution is -2.40. The van der Waals surface area contributed by atoms with Crippen molar-refractivity contribution in [2.75, 3.05) is 6.54 Å². The van der Waals surface area contributed by atoms with Gasteiger partial charge >= 0.3 is 0 Å². The summed E-state index contributed by atoms with van der Waals surface area (Å²) in [5, 5.41) is 4.31. The summed E-state index contributed by atoms with van der Waals surface area (Å²) in [5.74, 6) is 0. The fraction of sp³-hybridized carbons (Fsp3) is 0.600. The molecule has 1 aromatic carbocycles. The van der Waals surface area contributed by atoms with E-state index in [2.05, 4.69) is 56.4 Å². The molecule has 1 unspecified atom stereocenters. The minimum absolute atomic E-state index is 0.336. The van der Waals surface area contributed by atoms with Crippen LogP contribution in [0.4, 0.5) is 0 Å². The summed E-state index contributed by atoms with van der Waals surface area (Å²) in [6.07, 6.45) is 2.65. The van der Waals surface area contributed by atoms with Crippen LogP contribution < -0.4 is 5.32 Å². The van der Waals surface area contributed by atoms with Gasteiger partial charge in [0.1, 0.15) is 0 Å². The molecule has 94 valence electrons. The summed E-state index contributed by atoms with van der Waals surface area (Å²) in [7, 11) is 0. The normalized spacial score (nSPS) is 22.6. The fourth-order valence-electron chi connectivity index (χ4n) is 2.48. The van der Waals surface area contributed by atoms with Crippen LogP contribution in [0.5, 0.6) is 0 Å². The second kappa shape index (κ2) is 5.45. The summed E-state index contributed by atoms with van der Waals surface area (Å²) in [6.45, 7) is 8.25. The third kappa shape index (κ3) is 3.49. The molecule has 1 heterocycles. The van der Waals surface area contributed by atoms with Crippen LogP contribution >= 0.6 is 11.8 Å². The molecule has 1 N–H and O–H groups in total. The van der Waals surface area contributed by atoms with Crippen molar-refractivity contribution in [1.29, 1.82) is 0 Å². The zero-order chi connectivity index (χ0) is 12.3. The van der Waals surface area contributed by atoms with E-state index >= 15 is 0 Å². The lowest BCUT2D eigenvalue weighted by atomic mass is 9.87. The van der Waals surface area contributed by atoms with E-state index < -0.39 is 0 Å². The molecule has 0 spiro atoms. The summed E-state index contributed by atoms with van der Waals surface area (Å²) >= 11 is 2.03. The molecule has 0 bridgehead atoms. The highest BCUT2D eigenvalue weighted by Crippen LogP contribution is 2.39. The van der Waals surface area contributed by atoms with Gasteiger partial charge in [0.25, 0.3) is 0 Å². The largest absolute Gasteiger partial charge is 0.313 e. The van der Waals surface area contributed by atoms with E-state index in [1.165, 1.54) is 24.3 Å². The van der Waals surface area contributed by atoms with E-state index in [1.54, 1.807) is 0 Å². The maximum atomic E-state index is 3.66. The lowest BCUT2D eigenvalue weighted by Gasteiger charge is -2.35. The zero-order valence-corrected chi connectivity index (χ0v) is 11.9. The molecule has 0 radical (unpaired) electrons. The molecule has 0 amide bonds. The smallest absolute Gasteiger partial charge is 0.0296 e. The molecular formula is C15H23NS. The van der Waals surface area contributed by atoms with E-state index in [9.17, 15) is 0 Å². The highest BCUT2D eigenvalue weighted by atomic mass is 32.2. The molecule has 1 aliphatic heterocycles. The predicted octanol–water partition coefficient (Wildman–Crippen LogP) is 3.95. The molecular weight excluding hydrogens is 226 g/mol. The van der Waals surface area contributed by atoms with Crippen molar-refractivity contribution >= 4 is 11.8 Å². The molecule has 0 saturated carbocycles. The van der Waals surface area contributed by atoms with Gasteiger partial charge in [-0.05, 0) is 36.9 Å². The molecule has 2 rings (SSSR count). The minimum atomic E-state index is 0.336. The van der Waals surface area contributed by atoms with Gasteiger partial charge in [-0.3, -0.25) is 0 Å². The maximum Gasteiger partial charge on any atom is 0.0296 e. The summed E-state index contributed by atoms with van der Waals surface area (Å²) in [4.78, 5) is 1.39. The van der Waals surface area contributed by atoms with Gasteiger partial charge in [-0.2, -0.15) is 0 Å². The Balaban J connectivity index is 2.11. The van der Waals surface area contributed by atoms with Crippen molar-refractivity contribution in [3.05, 3.63) is 30.3 Å². The lowest BCUT2D eigenvalue weighted by molar-refractivity contribution is 0.340. The van der Waals surface area contributed by atoms with Crippen LogP contribution in [0.15, 0.2) is 35.2 Å². The first-order chi connectivity index (χ1) is 8.07. The van der Waals surface area contributed by atoms with E-state index in [-0.39, 0.29) is 0 Å². The molecule has 1 saturated heterocycles. The van der Waals surface area contributed by atoms with E-state index in [4.69, 9.17) is 0 Å². The van der Waals surface area contributed by atoms with Crippen LogP contribution in [-0.4, -0.2) is 17.8 Å². The Labute approximate surface area is 109 Å². The first-order valence-electron chi connectivity index (χ1n) is 6.52. The second-order valence-corrected chi connectivity index (χ2v) is 7.14. The molecule has 0 aromatic heterocycles. The maximum absolute atomic E-state index is 3.66. The molecule has 0 aliphatic carbocycles. The average molecular weight is 249 g/mol. The van der Waals surface area contributed by atoms with Crippen LogP contribution in [0.25, 0.3) is 0 Å². The van der Waals surface area contributed by atoms with Gasteiger partial charge in [0, 0.05) is 16.2 Å². The molecule has 2 atom stereocenters. The van der Waals surface area contributed by atoms with E-state index in [1.807, 2.05) is 11.8 Å². The third-order valence-electron chi connectivity index (χ3n) is 3.32. The number of hydrogen-bond donors (Lipinski definition) is 1. The summed E-state index contributed by atoms with van der Waals surface area (Å²) in [5.41, 5.74) is 0.336. The van der Waals surface area contributed by atoms with Crippen molar-refractivity contribution in [3.8, 4) is 0 Å². The summed E-state index contributed by atoms with van der Waals surface area (Å²) in [6, 6.07) is 11.5. The molecule has 1 fully saturated rings. The van der Waals surface area contributed by atoms with E-state index in [0.29, 0.717) is 16.7 Å². The third-order valence-corrected chi connectivity index (χ3v) is 5.16. The monoisotopic (exact) mass is 249 g/mol. The molecule has 1 nitrogen and oxygen atoms in total. The Bertz CT molecular complexity index is 336. The van der Waals surface area contributed by atoms with Crippen molar-refractivity contribution in [2.45, 2.75) is 49.8 Å². The van der Waals surface area contributed by atoms with Crippen molar-refractivity contribution < 1.29 is 0 Å².